The highest BCUT2D eigenvalue weighted by Gasteiger charge is 2.36. The fraction of sp³-hybridized carbons (Fsp3) is 0.574. The molecule has 1 saturated heterocycles. The van der Waals surface area contributed by atoms with Gasteiger partial charge in [-0.1, -0.05) is 160 Å². The zero-order valence-electron chi connectivity index (χ0n) is 55.9. The summed E-state index contributed by atoms with van der Waals surface area (Å²) in [7, 11) is 0. The Morgan fingerprint density at radius 1 is 0.495 bits per heavy atom. The van der Waals surface area contributed by atoms with Crippen LogP contribution >= 0.6 is 34.8 Å². The highest BCUT2D eigenvalue weighted by molar-refractivity contribution is 6.67. The third kappa shape index (κ3) is 34.7. The number of unbranched alkanes of at least 4 members (excludes halogenated alkanes) is 3. The zero-order chi connectivity index (χ0) is 71.1. The van der Waals surface area contributed by atoms with E-state index in [2.05, 4.69) is 53.2 Å². The van der Waals surface area contributed by atoms with Crippen LogP contribution in [0, 0.1) is 17.8 Å². The summed E-state index contributed by atoms with van der Waals surface area (Å²) in [6.45, 7) is 8.22. The van der Waals surface area contributed by atoms with Crippen LogP contribution in [-0.2, 0) is 72.3 Å². The van der Waals surface area contributed by atoms with Gasteiger partial charge in [-0.05, 0) is 119 Å². The smallest absolute Gasteiger partial charge is 0.407 e. The molecule has 3 aromatic rings. The Hall–Kier alpha value is -7.94. The van der Waals surface area contributed by atoms with E-state index >= 15 is 0 Å². The molecule has 0 aromatic heterocycles. The molecule has 1 fully saturated rings. The van der Waals surface area contributed by atoms with E-state index < -0.39 is 131 Å². The highest BCUT2D eigenvalue weighted by atomic mass is 35.6. The van der Waals surface area contributed by atoms with Gasteiger partial charge in [-0.15, -0.1) is 0 Å². The number of alkyl carbamates (subject to hydrolysis) is 4. The molecular weight excluding hydrogens is 1320 g/mol. The van der Waals surface area contributed by atoms with Crippen molar-refractivity contribution in [1.29, 1.82) is 0 Å². The van der Waals surface area contributed by atoms with Gasteiger partial charge in [0, 0.05) is 38.5 Å². The fourth-order valence-electron chi connectivity index (χ4n) is 10.2. The highest BCUT2D eigenvalue weighted by Crippen LogP contribution is 2.26. The second-order valence-corrected chi connectivity index (χ2v) is 27.2. The zero-order valence-corrected chi connectivity index (χ0v) is 58.2. The minimum Gasteiger partial charge on any atom is -0.445 e. The van der Waals surface area contributed by atoms with Crippen molar-refractivity contribution in [3.05, 3.63) is 108 Å². The maximum absolute atomic E-state index is 14.9. The first-order chi connectivity index (χ1) is 46.3. The summed E-state index contributed by atoms with van der Waals surface area (Å²) in [6.07, 6.45) is -3.30. The van der Waals surface area contributed by atoms with E-state index in [4.69, 9.17) is 53.8 Å². The van der Waals surface area contributed by atoms with Crippen LogP contribution in [0.2, 0.25) is 0 Å². The van der Waals surface area contributed by atoms with Gasteiger partial charge in [0.05, 0.1) is 12.1 Å². The number of hydrogen-bond donors (Lipinski definition) is 11. The van der Waals surface area contributed by atoms with E-state index in [1.807, 2.05) is 82.3 Å². The lowest BCUT2D eigenvalue weighted by atomic mass is 9.89. The summed E-state index contributed by atoms with van der Waals surface area (Å²) in [4.78, 5) is 153. The molecule has 1 aliphatic heterocycles. The second-order valence-electron chi connectivity index (χ2n) is 24.7. The van der Waals surface area contributed by atoms with Crippen LogP contribution in [0.3, 0.4) is 0 Å². The molecule has 0 radical (unpaired) electrons. The average Bonchev–Trinajstić information content (AvgIpc) is 1.02. The summed E-state index contributed by atoms with van der Waals surface area (Å²) < 4.78 is 19.1. The Kier molecular flexibility index (Phi) is 37.6. The third-order valence-electron chi connectivity index (χ3n) is 15.4. The number of Topliss-reactive ketones (excluding diaryl/α,β-unsaturated/α-hetero) is 1. The van der Waals surface area contributed by atoms with Crippen molar-refractivity contribution in [3.8, 4) is 0 Å². The molecule has 1 heterocycles. The van der Waals surface area contributed by atoms with Gasteiger partial charge in [0.2, 0.25) is 39.2 Å². The van der Waals surface area contributed by atoms with Gasteiger partial charge in [-0.3, -0.25) is 33.6 Å². The van der Waals surface area contributed by atoms with Crippen molar-refractivity contribution >= 4 is 100 Å². The molecule has 29 heteroatoms. The molecule has 10 amide bonds. The Morgan fingerprint density at radius 2 is 0.907 bits per heavy atom. The number of benzene rings is 3. The average molecular weight is 1420 g/mol. The predicted octanol–water partition coefficient (Wildman–Crippen LogP) is 7.51. The quantitative estimate of drug-likeness (QED) is 0.0190. The lowest BCUT2D eigenvalue weighted by Gasteiger charge is -2.28. The second kappa shape index (κ2) is 44.8. The van der Waals surface area contributed by atoms with Crippen LogP contribution in [0.15, 0.2) is 91.0 Å². The molecule has 0 spiro atoms. The Labute approximate surface area is 582 Å². The summed E-state index contributed by atoms with van der Waals surface area (Å²) >= 11 is 17.6. The molecule has 1 unspecified atom stereocenters. The number of aliphatic hydroxyl groups excluding tert-OH is 1. The topological polar surface area (TPSA) is 365 Å². The van der Waals surface area contributed by atoms with Crippen molar-refractivity contribution in [2.75, 3.05) is 32.8 Å². The molecule has 4 rings (SSSR count). The number of amides is 10. The SMILES string of the molecule is CC(C)C[C@@H]1NC(=O)[C@@H](CC(C)C)NC(=O)[C@H](CCCCNC(=O)OCc2ccccc2)NC(=O)[C@@H](NC(=O)OCC(Cl)(Cl)Cl)CCCCNC(=O)[C@H](C(C)O)NC(=O)[C@H](CCCCNC(=O)OCc2ccccc2)NC(=O)[C@H](CCCCNC(=O)OCc2ccccc2)CC1=O. The van der Waals surface area contributed by atoms with Gasteiger partial charge < -0.3 is 77.2 Å². The van der Waals surface area contributed by atoms with Crippen LogP contribution in [0.1, 0.15) is 148 Å². The predicted molar refractivity (Wildman–Crippen MR) is 364 cm³/mol. The minimum atomic E-state index is -2.02. The lowest BCUT2D eigenvalue weighted by Crippen LogP contribution is -2.58. The largest absolute Gasteiger partial charge is 0.445 e. The van der Waals surface area contributed by atoms with Gasteiger partial charge >= 0.3 is 24.4 Å². The summed E-state index contributed by atoms with van der Waals surface area (Å²) in [5, 5.41) is 37.9. The molecule has 3 aromatic carbocycles. The van der Waals surface area contributed by atoms with Gasteiger partial charge in [0.1, 0.15) is 56.6 Å². The molecular formula is C68H97Cl3N10O16. The van der Waals surface area contributed by atoms with E-state index in [0.29, 0.717) is 19.3 Å². The molecule has 26 nitrogen and oxygen atoms in total. The Balaban J connectivity index is 1.69. The third-order valence-corrected chi connectivity index (χ3v) is 15.7. The number of halogens is 3. The van der Waals surface area contributed by atoms with Crippen LogP contribution in [-0.4, -0.2) is 150 Å². The number of carbonyl (C=O) groups excluding carboxylic acids is 11. The van der Waals surface area contributed by atoms with E-state index in [1.165, 1.54) is 6.92 Å². The maximum atomic E-state index is 14.9. The van der Waals surface area contributed by atoms with Crippen LogP contribution < -0.4 is 53.2 Å². The van der Waals surface area contributed by atoms with Crippen molar-refractivity contribution in [3.63, 3.8) is 0 Å². The molecule has 11 N–H and O–H groups in total. The first kappa shape index (κ1) is 81.5. The van der Waals surface area contributed by atoms with E-state index in [-0.39, 0.29) is 128 Å². The monoisotopic (exact) mass is 1410 g/mol. The molecule has 8 atom stereocenters. The number of alkyl halides is 3. The number of carbonyl (C=O) groups is 11. The van der Waals surface area contributed by atoms with Gasteiger partial charge in [0.25, 0.3) is 0 Å². The van der Waals surface area contributed by atoms with Gasteiger partial charge in [0.15, 0.2) is 5.78 Å². The van der Waals surface area contributed by atoms with Gasteiger partial charge in [-0.25, -0.2) is 19.2 Å². The molecule has 0 bridgehead atoms. The molecule has 97 heavy (non-hydrogen) atoms. The number of ketones is 1. The molecule has 536 valence electrons. The van der Waals surface area contributed by atoms with Crippen LogP contribution in [0.4, 0.5) is 19.2 Å². The van der Waals surface area contributed by atoms with Crippen LogP contribution in [0.5, 0.6) is 0 Å². The van der Waals surface area contributed by atoms with Crippen molar-refractivity contribution in [2.24, 2.45) is 17.8 Å². The van der Waals surface area contributed by atoms with Crippen molar-refractivity contribution in [2.45, 2.75) is 197 Å². The molecule has 0 saturated carbocycles. The standard InChI is InChI=1S/C68H97Cl3N10O16/c1-44(2)37-54-56(83)39-50(29-15-19-34-73-64(90)94-40-47-23-9-6-10-24-47)58(84)76-52(31-18-22-36-75-66(92)96-42-49-27-13-8-14-28-49)61(87)81-57(46(5)82)63(89)72-33-20-16-32-53(80-67(93)97-43-68(69,70)71)60(86)77-51(59(85)79-55(38-45(3)4)62(88)78-54)30-17-21-35-74-65(91)95-41-48-25-11-7-12-26-48/h6-14,23-28,44-46,50-55,57,82H,15-22,29-43H2,1-5H3,(H,72,89)(H,73,90)(H,74,91)(H,75,92)(H,76,84)(H,77,86)(H,78,88)(H,79,85)(H,80,93)(H,81,87)/t46?,50-,51+,52+,53+,54+,55-,57+/m1/s1. The van der Waals surface area contributed by atoms with E-state index in [0.717, 1.165) is 16.7 Å². The number of rotatable bonds is 28. The van der Waals surface area contributed by atoms with E-state index in [9.17, 15) is 57.8 Å². The van der Waals surface area contributed by atoms with Crippen LogP contribution in [0.25, 0.3) is 0 Å². The fourth-order valence-corrected chi connectivity index (χ4v) is 10.4. The summed E-state index contributed by atoms with van der Waals surface area (Å²) in [5.41, 5.74) is 2.33. The number of hydrogen-bond acceptors (Lipinski definition) is 16. The Bertz CT molecular complexity index is 2950. The number of nitrogens with one attached hydrogen (secondary N) is 10. The van der Waals surface area contributed by atoms with E-state index in [1.54, 1.807) is 36.4 Å². The number of aliphatic hydroxyl groups is 1. The molecule has 0 aliphatic carbocycles. The first-order valence-electron chi connectivity index (χ1n) is 33.1. The summed E-state index contributed by atoms with van der Waals surface area (Å²) in [6, 6.07) is 18.9. The first-order valence-corrected chi connectivity index (χ1v) is 34.2. The minimum absolute atomic E-state index is 0.0257. The normalized spacial score (nSPS) is 20.2. The van der Waals surface area contributed by atoms with Crippen molar-refractivity contribution < 1.29 is 76.8 Å². The summed E-state index contributed by atoms with van der Waals surface area (Å²) in [5.74, 6) is -6.97. The van der Waals surface area contributed by atoms with Crippen molar-refractivity contribution in [1.82, 2.24) is 53.2 Å². The van der Waals surface area contributed by atoms with Gasteiger partial charge in [-0.2, -0.15) is 0 Å². The molecule has 1 aliphatic rings. The lowest BCUT2D eigenvalue weighted by molar-refractivity contribution is -0.136. The maximum Gasteiger partial charge on any atom is 0.407 e. The number of ether oxygens (including phenoxy) is 4. The Morgan fingerprint density at radius 3 is 1.36 bits per heavy atom.